The Morgan fingerprint density at radius 3 is 2.67 bits per heavy atom. The zero-order valence-electron chi connectivity index (χ0n) is 12.7. The number of halogens is 1. The number of anilines is 1. The number of hydrogen-bond acceptors (Lipinski definition) is 5. The number of aromatic nitrogens is 2. The summed E-state index contributed by atoms with van der Waals surface area (Å²) in [5.41, 5.74) is 0. The van der Waals surface area contributed by atoms with Crippen molar-refractivity contribution in [3.8, 4) is 0 Å². The van der Waals surface area contributed by atoms with E-state index in [4.69, 9.17) is 4.74 Å². The van der Waals surface area contributed by atoms with Crippen LogP contribution in [0.15, 0.2) is 12.4 Å². The number of nitrogens with zero attached hydrogens (tertiary/aromatic N) is 4. The van der Waals surface area contributed by atoms with Gasteiger partial charge in [-0.05, 0) is 13.1 Å². The minimum absolute atomic E-state index is 0.263. The highest BCUT2D eigenvalue weighted by Gasteiger charge is 2.44. The first-order chi connectivity index (χ1) is 10.2. The van der Waals surface area contributed by atoms with Gasteiger partial charge in [0.1, 0.15) is 0 Å². The molecule has 3 heterocycles. The molecule has 2 aliphatic rings. The van der Waals surface area contributed by atoms with E-state index in [0.717, 1.165) is 39.3 Å². The molecule has 0 unspecified atom stereocenters. The van der Waals surface area contributed by atoms with Gasteiger partial charge in [0.2, 0.25) is 5.95 Å². The number of hydrogen-bond donors (Lipinski definition) is 0. The van der Waals surface area contributed by atoms with Gasteiger partial charge >= 0.3 is 0 Å². The summed E-state index contributed by atoms with van der Waals surface area (Å²) >= 11 is 0. The minimum Gasteiger partial charge on any atom is -0.376 e. The van der Waals surface area contributed by atoms with Crippen LogP contribution in [-0.2, 0) is 4.74 Å². The van der Waals surface area contributed by atoms with Crippen molar-refractivity contribution in [3.05, 3.63) is 18.2 Å². The van der Waals surface area contributed by atoms with Gasteiger partial charge in [-0.1, -0.05) is 13.8 Å². The van der Waals surface area contributed by atoms with Crippen molar-refractivity contribution >= 4 is 5.95 Å². The van der Waals surface area contributed by atoms with Crippen molar-refractivity contribution < 1.29 is 9.13 Å². The van der Waals surface area contributed by atoms with Gasteiger partial charge in [-0.3, -0.25) is 0 Å². The van der Waals surface area contributed by atoms with Crippen LogP contribution in [0.2, 0.25) is 0 Å². The minimum atomic E-state index is -0.395. The van der Waals surface area contributed by atoms with Gasteiger partial charge in [-0.15, -0.1) is 0 Å². The first kappa shape index (κ1) is 14.7. The molecule has 0 radical (unpaired) electrons. The molecule has 0 bridgehead atoms. The molecule has 0 aliphatic carbocycles. The normalized spacial score (nSPS) is 28.4. The van der Waals surface area contributed by atoms with Gasteiger partial charge in [0.05, 0.1) is 25.1 Å². The summed E-state index contributed by atoms with van der Waals surface area (Å²) < 4.78 is 18.9. The molecule has 0 spiro atoms. The van der Waals surface area contributed by atoms with Crippen LogP contribution in [0.5, 0.6) is 0 Å². The summed E-state index contributed by atoms with van der Waals surface area (Å²) in [6.45, 7) is 10.2. The standard InChI is InChI=1S/C15H23FN4O/c1-3-19(4-2)7-11-10-21-14-9-20(8-13(11)14)15-17-5-12(16)6-18-15/h5-6,11,13-14H,3-4,7-10H2,1-2H3/t11-,13+,14+/m1/s1. The van der Waals surface area contributed by atoms with E-state index in [1.807, 2.05) is 0 Å². The van der Waals surface area contributed by atoms with Crippen LogP contribution >= 0.6 is 0 Å². The summed E-state index contributed by atoms with van der Waals surface area (Å²) in [7, 11) is 0. The second-order valence-electron chi connectivity index (χ2n) is 5.89. The van der Waals surface area contributed by atoms with E-state index >= 15 is 0 Å². The van der Waals surface area contributed by atoms with Crippen LogP contribution in [0.25, 0.3) is 0 Å². The lowest BCUT2D eigenvalue weighted by molar-refractivity contribution is 0.109. The van der Waals surface area contributed by atoms with Crippen LogP contribution in [0, 0.1) is 17.7 Å². The van der Waals surface area contributed by atoms with Gasteiger partial charge in [-0.25, -0.2) is 14.4 Å². The summed E-state index contributed by atoms with van der Waals surface area (Å²) in [4.78, 5) is 12.7. The van der Waals surface area contributed by atoms with E-state index in [1.165, 1.54) is 12.4 Å². The van der Waals surface area contributed by atoms with Crippen molar-refractivity contribution in [2.75, 3.05) is 44.2 Å². The average Bonchev–Trinajstić information content (AvgIpc) is 3.07. The molecule has 2 saturated heterocycles. The molecule has 5 nitrogen and oxygen atoms in total. The molecule has 1 aromatic heterocycles. The van der Waals surface area contributed by atoms with E-state index < -0.39 is 5.82 Å². The second kappa shape index (κ2) is 6.23. The zero-order chi connectivity index (χ0) is 14.8. The van der Waals surface area contributed by atoms with Crippen LogP contribution in [0.4, 0.5) is 10.3 Å². The third-order valence-corrected chi connectivity index (χ3v) is 4.72. The fourth-order valence-corrected chi connectivity index (χ4v) is 3.43. The maximum absolute atomic E-state index is 12.9. The lowest BCUT2D eigenvalue weighted by Crippen LogP contribution is -2.34. The van der Waals surface area contributed by atoms with E-state index in [0.29, 0.717) is 17.8 Å². The predicted molar refractivity (Wildman–Crippen MR) is 78.7 cm³/mol. The van der Waals surface area contributed by atoms with Crippen molar-refractivity contribution in [1.82, 2.24) is 14.9 Å². The van der Waals surface area contributed by atoms with E-state index in [2.05, 4.69) is 33.6 Å². The highest BCUT2D eigenvalue weighted by molar-refractivity contribution is 5.32. The van der Waals surface area contributed by atoms with Crippen molar-refractivity contribution in [2.24, 2.45) is 11.8 Å². The molecule has 116 valence electrons. The van der Waals surface area contributed by atoms with Gasteiger partial charge in [0.25, 0.3) is 0 Å². The molecule has 21 heavy (non-hydrogen) atoms. The third kappa shape index (κ3) is 3.01. The Hall–Kier alpha value is -1.27. The largest absolute Gasteiger partial charge is 0.376 e. The Kier molecular flexibility index (Phi) is 4.35. The molecule has 0 N–H and O–H groups in total. The first-order valence-electron chi connectivity index (χ1n) is 7.77. The molecule has 3 atom stereocenters. The molecular formula is C15H23FN4O. The SMILES string of the molecule is CCN(CC)C[C@@H]1CO[C@H]2CN(c3ncc(F)cn3)C[C@@H]12. The fourth-order valence-electron chi connectivity index (χ4n) is 3.43. The van der Waals surface area contributed by atoms with E-state index in [1.54, 1.807) is 0 Å². The second-order valence-corrected chi connectivity index (χ2v) is 5.89. The Labute approximate surface area is 125 Å². The smallest absolute Gasteiger partial charge is 0.225 e. The average molecular weight is 294 g/mol. The lowest BCUT2D eigenvalue weighted by Gasteiger charge is -2.25. The third-order valence-electron chi connectivity index (χ3n) is 4.72. The molecule has 0 aromatic carbocycles. The van der Waals surface area contributed by atoms with Crippen molar-refractivity contribution in [1.29, 1.82) is 0 Å². The Bertz CT molecular complexity index is 465. The molecule has 3 rings (SSSR count). The Morgan fingerprint density at radius 1 is 1.29 bits per heavy atom. The van der Waals surface area contributed by atoms with E-state index in [9.17, 15) is 4.39 Å². The van der Waals surface area contributed by atoms with Crippen LogP contribution in [0.3, 0.4) is 0 Å². The van der Waals surface area contributed by atoms with Crippen molar-refractivity contribution in [3.63, 3.8) is 0 Å². The summed E-state index contributed by atoms with van der Waals surface area (Å²) in [5, 5.41) is 0. The van der Waals surface area contributed by atoms with Gasteiger partial charge in [0.15, 0.2) is 5.82 Å². The van der Waals surface area contributed by atoms with Crippen molar-refractivity contribution in [2.45, 2.75) is 20.0 Å². The number of ether oxygens (including phenoxy) is 1. The molecule has 0 saturated carbocycles. The number of fused-ring (bicyclic) bond motifs is 1. The monoisotopic (exact) mass is 294 g/mol. The Balaban J connectivity index is 1.64. The van der Waals surface area contributed by atoms with Gasteiger partial charge in [0, 0.05) is 31.5 Å². The topological polar surface area (TPSA) is 41.5 Å². The van der Waals surface area contributed by atoms with E-state index in [-0.39, 0.29) is 6.10 Å². The summed E-state index contributed by atoms with van der Waals surface area (Å²) in [6.07, 6.45) is 2.72. The first-order valence-corrected chi connectivity index (χ1v) is 7.77. The van der Waals surface area contributed by atoms with Crippen LogP contribution in [0.1, 0.15) is 13.8 Å². The highest BCUT2D eigenvalue weighted by Crippen LogP contribution is 2.35. The molecule has 1 aromatic rings. The molecule has 2 fully saturated rings. The summed E-state index contributed by atoms with van der Waals surface area (Å²) in [5.74, 6) is 1.31. The maximum atomic E-state index is 12.9. The quantitative estimate of drug-likeness (QED) is 0.821. The van der Waals surface area contributed by atoms with Crippen LogP contribution < -0.4 is 4.90 Å². The maximum Gasteiger partial charge on any atom is 0.225 e. The number of rotatable bonds is 5. The zero-order valence-corrected chi connectivity index (χ0v) is 12.7. The molecule has 0 amide bonds. The predicted octanol–water partition coefficient (Wildman–Crippen LogP) is 1.41. The molecule has 2 aliphatic heterocycles. The Morgan fingerprint density at radius 2 is 2.00 bits per heavy atom. The van der Waals surface area contributed by atoms with Gasteiger partial charge < -0.3 is 14.5 Å². The fraction of sp³-hybridized carbons (Fsp3) is 0.733. The lowest BCUT2D eigenvalue weighted by atomic mass is 9.92. The highest BCUT2D eigenvalue weighted by atomic mass is 19.1. The summed E-state index contributed by atoms with van der Waals surface area (Å²) in [6, 6.07) is 0. The van der Waals surface area contributed by atoms with Gasteiger partial charge in [-0.2, -0.15) is 0 Å². The molecule has 6 heteroatoms. The molecular weight excluding hydrogens is 271 g/mol. The van der Waals surface area contributed by atoms with Crippen LogP contribution in [-0.4, -0.2) is 60.3 Å².